The van der Waals surface area contributed by atoms with Crippen LogP contribution < -0.4 is 4.74 Å². The van der Waals surface area contributed by atoms with Crippen LogP contribution >= 0.6 is 0 Å². The lowest BCUT2D eigenvalue weighted by molar-refractivity contribution is -0.387. The van der Waals surface area contributed by atoms with Gasteiger partial charge in [0.2, 0.25) is 10.0 Å². The minimum Gasteiger partial charge on any atom is -0.497 e. The highest BCUT2D eigenvalue weighted by Crippen LogP contribution is 2.31. The fraction of sp³-hybridized carbons (Fsp3) is 0.600. The van der Waals surface area contributed by atoms with Crippen molar-refractivity contribution < 1.29 is 18.1 Å². The van der Waals surface area contributed by atoms with E-state index < -0.39 is 20.6 Å². The number of hydrogen-bond donors (Lipinski definition) is 0. The molecule has 0 bridgehead atoms. The SMILES string of the molecule is COc1ccc(S(=O)(=O)N(C)CC2CCCCC2)c([N+](=O)[O-])c1. The Hall–Kier alpha value is -1.67. The molecule has 1 aliphatic rings. The van der Waals surface area contributed by atoms with Gasteiger partial charge in [0.1, 0.15) is 5.75 Å². The fourth-order valence-corrected chi connectivity index (χ4v) is 4.36. The second-order valence-electron chi connectivity index (χ2n) is 5.88. The third-order valence-electron chi connectivity index (χ3n) is 4.29. The number of hydrogen-bond acceptors (Lipinski definition) is 5. The lowest BCUT2D eigenvalue weighted by Gasteiger charge is -2.26. The average molecular weight is 342 g/mol. The van der Waals surface area contributed by atoms with Gasteiger partial charge in [-0.25, -0.2) is 12.7 Å². The summed E-state index contributed by atoms with van der Waals surface area (Å²) in [5.41, 5.74) is -0.458. The molecule has 0 aromatic heterocycles. The first kappa shape index (κ1) is 17.7. The molecular weight excluding hydrogens is 320 g/mol. The molecular formula is C15H22N2O5S. The minimum atomic E-state index is -3.90. The number of benzene rings is 1. The Labute approximate surface area is 136 Å². The number of methoxy groups -OCH3 is 1. The van der Waals surface area contributed by atoms with Gasteiger partial charge in [0.15, 0.2) is 4.90 Å². The Morgan fingerprint density at radius 3 is 2.52 bits per heavy atom. The molecule has 2 rings (SSSR count). The summed E-state index contributed by atoms with van der Waals surface area (Å²) in [7, 11) is -1.04. The van der Waals surface area contributed by atoms with Crippen molar-refractivity contribution in [3.8, 4) is 5.75 Å². The Balaban J connectivity index is 2.29. The molecule has 0 saturated heterocycles. The van der Waals surface area contributed by atoms with Crippen LogP contribution in [-0.4, -0.2) is 38.3 Å². The van der Waals surface area contributed by atoms with Gasteiger partial charge >= 0.3 is 0 Å². The maximum absolute atomic E-state index is 12.7. The van der Waals surface area contributed by atoms with Crippen LogP contribution in [0.15, 0.2) is 23.1 Å². The van der Waals surface area contributed by atoms with E-state index in [1.807, 2.05) is 0 Å². The molecule has 0 N–H and O–H groups in total. The maximum atomic E-state index is 12.7. The highest BCUT2D eigenvalue weighted by Gasteiger charge is 2.31. The molecule has 1 aromatic rings. The average Bonchev–Trinajstić information content (AvgIpc) is 2.55. The smallest absolute Gasteiger partial charge is 0.293 e. The maximum Gasteiger partial charge on any atom is 0.293 e. The van der Waals surface area contributed by atoms with Crippen molar-refractivity contribution in [3.63, 3.8) is 0 Å². The van der Waals surface area contributed by atoms with Gasteiger partial charge in [-0.15, -0.1) is 0 Å². The Morgan fingerprint density at radius 2 is 1.96 bits per heavy atom. The van der Waals surface area contributed by atoms with E-state index in [1.165, 1.54) is 37.0 Å². The van der Waals surface area contributed by atoms with Crippen LogP contribution in [0.5, 0.6) is 5.75 Å². The summed E-state index contributed by atoms with van der Waals surface area (Å²) >= 11 is 0. The molecule has 0 atom stereocenters. The summed E-state index contributed by atoms with van der Waals surface area (Å²) in [6.07, 6.45) is 5.43. The summed E-state index contributed by atoms with van der Waals surface area (Å²) in [6, 6.07) is 3.80. The number of nitro benzene ring substituents is 1. The quantitative estimate of drug-likeness (QED) is 0.586. The molecule has 1 aliphatic carbocycles. The summed E-state index contributed by atoms with van der Waals surface area (Å²) in [6.45, 7) is 0.394. The summed E-state index contributed by atoms with van der Waals surface area (Å²) in [5.74, 6) is 0.575. The highest BCUT2D eigenvalue weighted by molar-refractivity contribution is 7.89. The number of sulfonamides is 1. The van der Waals surface area contributed by atoms with Crippen molar-refractivity contribution in [2.24, 2.45) is 5.92 Å². The first-order valence-corrected chi connectivity index (χ1v) is 9.09. The van der Waals surface area contributed by atoms with Crippen LogP contribution in [0.25, 0.3) is 0 Å². The second kappa shape index (κ2) is 7.27. The molecule has 0 aliphatic heterocycles. The molecule has 1 fully saturated rings. The largest absolute Gasteiger partial charge is 0.497 e. The van der Waals surface area contributed by atoms with E-state index in [0.717, 1.165) is 31.7 Å². The Morgan fingerprint density at radius 1 is 1.30 bits per heavy atom. The second-order valence-corrected chi connectivity index (χ2v) is 7.89. The fourth-order valence-electron chi connectivity index (χ4n) is 2.98. The zero-order chi connectivity index (χ0) is 17.0. The van der Waals surface area contributed by atoms with Crippen LogP contribution in [0.2, 0.25) is 0 Å². The molecule has 1 aromatic carbocycles. The molecule has 8 heteroatoms. The van der Waals surface area contributed by atoms with Crippen LogP contribution in [0.1, 0.15) is 32.1 Å². The van der Waals surface area contributed by atoms with Crippen LogP contribution in [0.4, 0.5) is 5.69 Å². The van der Waals surface area contributed by atoms with Crippen molar-refractivity contribution >= 4 is 15.7 Å². The van der Waals surface area contributed by atoms with Crippen LogP contribution in [0, 0.1) is 16.0 Å². The van der Waals surface area contributed by atoms with E-state index in [0.29, 0.717) is 12.5 Å². The first-order chi connectivity index (χ1) is 10.9. The third-order valence-corrected chi connectivity index (χ3v) is 6.16. The normalized spacial score (nSPS) is 16.5. The third kappa shape index (κ3) is 4.00. The first-order valence-electron chi connectivity index (χ1n) is 7.65. The van der Waals surface area contributed by atoms with Crippen molar-refractivity contribution in [2.75, 3.05) is 20.7 Å². The zero-order valence-corrected chi connectivity index (χ0v) is 14.2. The Bertz CT molecular complexity index is 668. The van der Waals surface area contributed by atoms with E-state index >= 15 is 0 Å². The van der Waals surface area contributed by atoms with E-state index in [2.05, 4.69) is 0 Å². The van der Waals surface area contributed by atoms with Gasteiger partial charge in [-0.05, 0) is 30.9 Å². The van der Waals surface area contributed by atoms with E-state index in [1.54, 1.807) is 0 Å². The lowest BCUT2D eigenvalue weighted by atomic mass is 9.89. The predicted molar refractivity (Wildman–Crippen MR) is 86.0 cm³/mol. The van der Waals surface area contributed by atoms with Gasteiger partial charge < -0.3 is 4.74 Å². The number of nitro groups is 1. The minimum absolute atomic E-state index is 0.255. The number of ether oxygens (including phenoxy) is 1. The predicted octanol–water partition coefficient (Wildman–Crippen LogP) is 2.80. The number of rotatable bonds is 6. The molecule has 128 valence electrons. The van der Waals surface area contributed by atoms with Gasteiger partial charge in [0, 0.05) is 13.6 Å². The zero-order valence-electron chi connectivity index (χ0n) is 13.4. The van der Waals surface area contributed by atoms with Crippen molar-refractivity contribution in [1.29, 1.82) is 0 Å². The molecule has 0 unspecified atom stereocenters. The summed E-state index contributed by atoms with van der Waals surface area (Å²) in [4.78, 5) is 10.2. The summed E-state index contributed by atoms with van der Waals surface area (Å²) in [5, 5.41) is 11.2. The van der Waals surface area contributed by atoms with Gasteiger partial charge in [-0.1, -0.05) is 19.3 Å². The Kier molecular flexibility index (Phi) is 5.59. The van der Waals surface area contributed by atoms with Crippen LogP contribution in [-0.2, 0) is 10.0 Å². The highest BCUT2D eigenvalue weighted by atomic mass is 32.2. The van der Waals surface area contributed by atoms with E-state index in [-0.39, 0.29) is 10.6 Å². The lowest BCUT2D eigenvalue weighted by Crippen LogP contribution is -2.33. The molecule has 0 spiro atoms. The summed E-state index contributed by atoms with van der Waals surface area (Å²) < 4.78 is 31.6. The van der Waals surface area contributed by atoms with E-state index in [9.17, 15) is 18.5 Å². The molecule has 0 amide bonds. The molecule has 0 radical (unpaired) electrons. The molecule has 7 nitrogen and oxygen atoms in total. The van der Waals surface area contributed by atoms with Gasteiger partial charge in [0.25, 0.3) is 5.69 Å². The van der Waals surface area contributed by atoms with E-state index in [4.69, 9.17) is 4.74 Å². The van der Waals surface area contributed by atoms with Crippen molar-refractivity contribution in [3.05, 3.63) is 28.3 Å². The van der Waals surface area contributed by atoms with Gasteiger partial charge in [-0.2, -0.15) is 0 Å². The standard InChI is InChI=1S/C15H22N2O5S/c1-16(11-12-6-4-3-5-7-12)23(20,21)15-9-8-13(22-2)10-14(15)17(18)19/h8-10,12H,3-7,11H2,1-2H3. The van der Waals surface area contributed by atoms with Gasteiger partial charge in [-0.3, -0.25) is 10.1 Å². The van der Waals surface area contributed by atoms with Crippen molar-refractivity contribution in [1.82, 2.24) is 4.31 Å². The van der Waals surface area contributed by atoms with Crippen LogP contribution in [0.3, 0.4) is 0 Å². The van der Waals surface area contributed by atoms with Crippen molar-refractivity contribution in [2.45, 2.75) is 37.0 Å². The van der Waals surface area contributed by atoms with Gasteiger partial charge in [0.05, 0.1) is 18.1 Å². The molecule has 0 heterocycles. The number of nitrogens with zero attached hydrogens (tertiary/aromatic N) is 2. The molecule has 1 saturated carbocycles. The molecule has 23 heavy (non-hydrogen) atoms. The monoisotopic (exact) mass is 342 g/mol. The topological polar surface area (TPSA) is 89.8 Å².